The Balaban J connectivity index is 3.61. The fourth-order valence-corrected chi connectivity index (χ4v) is 1.54. The van der Waals surface area contributed by atoms with Gasteiger partial charge in [-0.2, -0.15) is 0 Å². The zero-order valence-electron chi connectivity index (χ0n) is 8.81. The summed E-state index contributed by atoms with van der Waals surface area (Å²) in [4.78, 5) is 11.0. The van der Waals surface area contributed by atoms with Crippen LogP contribution in [0.2, 0.25) is 0 Å². The molecule has 0 aliphatic heterocycles. The van der Waals surface area contributed by atoms with Gasteiger partial charge in [-0.25, -0.2) is 0 Å². The predicted octanol–water partition coefficient (Wildman–Crippen LogP) is 1.28. The second-order valence-corrected chi connectivity index (χ2v) is 3.44. The van der Waals surface area contributed by atoms with E-state index in [-0.39, 0.29) is 5.91 Å². The Labute approximate surface area is 81.1 Å². The standard InChI is InChI=1S/C10H22N2O/c1-3-4-9(7-8-11)5-6-10(13)12-2/h9H,3-8,11H2,1-2H3,(H,12,13). The molecular formula is C10H22N2O. The van der Waals surface area contributed by atoms with E-state index < -0.39 is 0 Å². The fourth-order valence-electron chi connectivity index (χ4n) is 1.54. The highest BCUT2D eigenvalue weighted by Gasteiger charge is 2.08. The van der Waals surface area contributed by atoms with E-state index in [1.807, 2.05) is 0 Å². The molecule has 0 aromatic carbocycles. The Morgan fingerprint density at radius 2 is 2.08 bits per heavy atom. The lowest BCUT2D eigenvalue weighted by Crippen LogP contribution is -2.19. The van der Waals surface area contributed by atoms with Gasteiger partial charge in [0.25, 0.3) is 0 Å². The molecule has 3 heteroatoms. The van der Waals surface area contributed by atoms with Crippen LogP contribution >= 0.6 is 0 Å². The van der Waals surface area contributed by atoms with Crippen LogP contribution in [0.5, 0.6) is 0 Å². The summed E-state index contributed by atoms with van der Waals surface area (Å²) >= 11 is 0. The van der Waals surface area contributed by atoms with Gasteiger partial charge in [-0.15, -0.1) is 0 Å². The van der Waals surface area contributed by atoms with Crippen LogP contribution in [0.1, 0.15) is 39.0 Å². The van der Waals surface area contributed by atoms with E-state index in [4.69, 9.17) is 5.73 Å². The molecule has 0 radical (unpaired) electrons. The molecule has 13 heavy (non-hydrogen) atoms. The van der Waals surface area contributed by atoms with Crippen molar-refractivity contribution in [2.24, 2.45) is 11.7 Å². The maximum Gasteiger partial charge on any atom is 0.219 e. The average Bonchev–Trinajstić information content (AvgIpc) is 2.14. The van der Waals surface area contributed by atoms with Crippen molar-refractivity contribution in [3.8, 4) is 0 Å². The maximum absolute atomic E-state index is 11.0. The molecule has 0 spiro atoms. The zero-order valence-corrected chi connectivity index (χ0v) is 8.81. The molecule has 1 amide bonds. The number of nitrogens with two attached hydrogens (primary N) is 1. The van der Waals surface area contributed by atoms with Crippen molar-refractivity contribution in [3.63, 3.8) is 0 Å². The summed E-state index contributed by atoms with van der Waals surface area (Å²) in [6.45, 7) is 2.90. The zero-order chi connectivity index (χ0) is 10.1. The van der Waals surface area contributed by atoms with Gasteiger partial charge in [-0.1, -0.05) is 19.8 Å². The number of nitrogens with one attached hydrogen (secondary N) is 1. The van der Waals surface area contributed by atoms with Gasteiger partial charge in [0.2, 0.25) is 5.91 Å². The van der Waals surface area contributed by atoms with E-state index in [9.17, 15) is 4.79 Å². The van der Waals surface area contributed by atoms with Crippen molar-refractivity contribution in [2.75, 3.05) is 13.6 Å². The maximum atomic E-state index is 11.0. The number of hydrogen-bond donors (Lipinski definition) is 2. The molecule has 0 aliphatic rings. The van der Waals surface area contributed by atoms with E-state index in [1.165, 1.54) is 12.8 Å². The predicted molar refractivity (Wildman–Crippen MR) is 55.4 cm³/mol. The largest absolute Gasteiger partial charge is 0.359 e. The van der Waals surface area contributed by atoms with Crippen molar-refractivity contribution >= 4 is 5.91 Å². The highest BCUT2D eigenvalue weighted by molar-refractivity contribution is 5.75. The van der Waals surface area contributed by atoms with Crippen molar-refractivity contribution in [3.05, 3.63) is 0 Å². The van der Waals surface area contributed by atoms with Crippen LogP contribution < -0.4 is 11.1 Å². The first kappa shape index (κ1) is 12.4. The molecule has 0 aromatic rings. The first-order valence-corrected chi connectivity index (χ1v) is 5.15. The monoisotopic (exact) mass is 186 g/mol. The summed E-state index contributed by atoms with van der Waals surface area (Å²) in [6, 6.07) is 0. The lowest BCUT2D eigenvalue weighted by Gasteiger charge is -2.13. The van der Waals surface area contributed by atoms with Gasteiger partial charge in [0, 0.05) is 13.5 Å². The van der Waals surface area contributed by atoms with Crippen LogP contribution in [0.25, 0.3) is 0 Å². The molecule has 0 saturated heterocycles. The molecule has 0 heterocycles. The second kappa shape index (κ2) is 8.05. The van der Waals surface area contributed by atoms with E-state index in [0.717, 1.165) is 19.4 Å². The van der Waals surface area contributed by atoms with Gasteiger partial charge in [-0.05, 0) is 25.3 Å². The molecule has 3 N–H and O–H groups in total. The van der Waals surface area contributed by atoms with Crippen molar-refractivity contribution in [1.82, 2.24) is 5.32 Å². The fraction of sp³-hybridized carbons (Fsp3) is 0.900. The summed E-state index contributed by atoms with van der Waals surface area (Å²) in [6.07, 6.45) is 5.03. The third kappa shape index (κ3) is 6.58. The summed E-state index contributed by atoms with van der Waals surface area (Å²) in [7, 11) is 1.68. The van der Waals surface area contributed by atoms with Gasteiger partial charge >= 0.3 is 0 Å². The van der Waals surface area contributed by atoms with Gasteiger partial charge in [-0.3, -0.25) is 4.79 Å². The molecule has 0 rings (SSSR count). The number of carbonyl (C=O) groups excluding carboxylic acids is 1. The van der Waals surface area contributed by atoms with Crippen molar-refractivity contribution in [1.29, 1.82) is 0 Å². The number of rotatable bonds is 7. The van der Waals surface area contributed by atoms with Crippen LogP contribution in [0.4, 0.5) is 0 Å². The summed E-state index contributed by atoms with van der Waals surface area (Å²) in [5.41, 5.74) is 5.50. The Hall–Kier alpha value is -0.570. The van der Waals surface area contributed by atoms with Crippen LogP contribution in [-0.4, -0.2) is 19.5 Å². The summed E-state index contributed by atoms with van der Waals surface area (Å²) in [5.74, 6) is 0.769. The van der Waals surface area contributed by atoms with Crippen LogP contribution in [0.15, 0.2) is 0 Å². The molecule has 0 aromatic heterocycles. The van der Waals surface area contributed by atoms with Gasteiger partial charge in [0.15, 0.2) is 0 Å². The Bertz CT molecular complexity index is 131. The SMILES string of the molecule is CCCC(CCN)CCC(=O)NC. The number of amides is 1. The molecule has 0 fully saturated rings. The van der Waals surface area contributed by atoms with Gasteiger partial charge < -0.3 is 11.1 Å². The molecule has 3 nitrogen and oxygen atoms in total. The minimum Gasteiger partial charge on any atom is -0.359 e. The minimum absolute atomic E-state index is 0.137. The molecule has 1 atom stereocenters. The topological polar surface area (TPSA) is 55.1 Å². The Morgan fingerprint density at radius 1 is 1.38 bits per heavy atom. The molecular weight excluding hydrogens is 164 g/mol. The van der Waals surface area contributed by atoms with E-state index in [0.29, 0.717) is 12.3 Å². The lowest BCUT2D eigenvalue weighted by atomic mass is 9.94. The third-order valence-electron chi connectivity index (χ3n) is 2.33. The van der Waals surface area contributed by atoms with Crippen molar-refractivity contribution in [2.45, 2.75) is 39.0 Å². The van der Waals surface area contributed by atoms with Crippen LogP contribution in [0.3, 0.4) is 0 Å². The first-order valence-electron chi connectivity index (χ1n) is 5.15. The van der Waals surface area contributed by atoms with E-state index in [1.54, 1.807) is 7.05 Å². The smallest absolute Gasteiger partial charge is 0.219 e. The molecule has 0 saturated carbocycles. The normalized spacial score (nSPS) is 12.5. The quantitative estimate of drug-likeness (QED) is 0.629. The highest BCUT2D eigenvalue weighted by atomic mass is 16.1. The second-order valence-electron chi connectivity index (χ2n) is 3.44. The van der Waals surface area contributed by atoms with Crippen LogP contribution in [-0.2, 0) is 4.79 Å². The van der Waals surface area contributed by atoms with Crippen LogP contribution in [0, 0.1) is 5.92 Å². The van der Waals surface area contributed by atoms with Gasteiger partial charge in [0.05, 0.1) is 0 Å². The van der Waals surface area contributed by atoms with E-state index in [2.05, 4.69) is 12.2 Å². The third-order valence-corrected chi connectivity index (χ3v) is 2.33. The number of carbonyl (C=O) groups is 1. The molecule has 0 aliphatic carbocycles. The van der Waals surface area contributed by atoms with Gasteiger partial charge in [0.1, 0.15) is 0 Å². The Morgan fingerprint density at radius 3 is 2.54 bits per heavy atom. The highest BCUT2D eigenvalue weighted by Crippen LogP contribution is 2.16. The number of hydrogen-bond acceptors (Lipinski definition) is 2. The summed E-state index contributed by atoms with van der Waals surface area (Å²) < 4.78 is 0. The molecule has 78 valence electrons. The molecule has 0 bridgehead atoms. The first-order chi connectivity index (χ1) is 6.24. The average molecular weight is 186 g/mol. The van der Waals surface area contributed by atoms with E-state index >= 15 is 0 Å². The minimum atomic E-state index is 0.137. The summed E-state index contributed by atoms with van der Waals surface area (Å²) in [5, 5.41) is 2.63. The van der Waals surface area contributed by atoms with Crippen molar-refractivity contribution < 1.29 is 4.79 Å². The lowest BCUT2D eigenvalue weighted by molar-refractivity contribution is -0.120. The molecule has 1 unspecified atom stereocenters. The Kier molecular flexibility index (Phi) is 7.69.